The number of piperidine rings is 1. The first-order valence-corrected chi connectivity index (χ1v) is 5.97. The van der Waals surface area contributed by atoms with Crippen molar-refractivity contribution in [3.63, 3.8) is 0 Å². The van der Waals surface area contributed by atoms with Crippen molar-refractivity contribution in [1.82, 2.24) is 4.90 Å². The first-order chi connectivity index (χ1) is 5.61. The Morgan fingerprint density at radius 1 is 1.67 bits per heavy atom. The molecule has 1 rings (SSSR count). The van der Waals surface area contributed by atoms with E-state index in [0.29, 0.717) is 6.54 Å². The van der Waals surface area contributed by atoms with E-state index in [-0.39, 0.29) is 11.2 Å². The molecule has 1 amide bonds. The molecule has 1 aliphatic rings. The van der Waals surface area contributed by atoms with Crippen LogP contribution in [0.4, 0.5) is 0 Å². The van der Waals surface area contributed by atoms with Gasteiger partial charge in [-0.1, -0.05) is 0 Å². The molecule has 1 saturated heterocycles. The molecule has 1 heterocycles. The van der Waals surface area contributed by atoms with Gasteiger partial charge in [-0.3, -0.25) is 4.79 Å². The average molecular weight is 210 g/mol. The second-order valence-corrected chi connectivity index (χ2v) is 5.05. The minimum atomic E-state index is -1.31. The van der Waals surface area contributed by atoms with Gasteiger partial charge in [-0.05, 0) is 23.5 Å². The Hall–Kier alpha value is -0.0900. The molecule has 12 heavy (non-hydrogen) atoms. The normalized spacial score (nSPS) is 26.8. The number of hydrogen-bond donors (Lipinski definition) is 0. The van der Waals surface area contributed by atoms with Crippen molar-refractivity contribution in [1.29, 1.82) is 0 Å². The Bertz CT molecular complexity index is 190. The third kappa shape index (κ3) is 2.45. The van der Waals surface area contributed by atoms with Crippen LogP contribution in [-0.4, -0.2) is 33.4 Å². The molecular weight excluding hydrogens is 198 g/mol. The number of likely N-dealkylation sites (tertiary alicyclic amines) is 1. The van der Waals surface area contributed by atoms with Gasteiger partial charge < -0.3 is 4.90 Å². The lowest BCUT2D eigenvalue weighted by Crippen LogP contribution is -2.41. The highest BCUT2D eigenvalue weighted by molar-refractivity contribution is 8.08. The SMILES string of the molecule is CC(=O)N1CCCC(S(=O)Cl)C1. The fraction of sp³-hybridized carbons (Fsp3) is 0.857. The van der Waals surface area contributed by atoms with Crippen LogP contribution >= 0.6 is 10.7 Å². The number of rotatable bonds is 1. The molecule has 0 spiro atoms. The number of carbonyl (C=O) groups is 1. The van der Waals surface area contributed by atoms with Crippen LogP contribution in [0.3, 0.4) is 0 Å². The largest absolute Gasteiger partial charge is 0.342 e. The lowest BCUT2D eigenvalue weighted by molar-refractivity contribution is -0.129. The predicted molar refractivity (Wildman–Crippen MR) is 49.3 cm³/mol. The molecular formula is C7H12ClNO2S. The van der Waals surface area contributed by atoms with E-state index in [0.717, 1.165) is 19.4 Å². The molecule has 0 aromatic rings. The van der Waals surface area contributed by atoms with Gasteiger partial charge in [0.05, 0.1) is 5.25 Å². The minimum Gasteiger partial charge on any atom is -0.342 e. The second-order valence-electron chi connectivity index (χ2n) is 2.98. The van der Waals surface area contributed by atoms with Crippen LogP contribution in [0.15, 0.2) is 0 Å². The van der Waals surface area contributed by atoms with Gasteiger partial charge in [0.25, 0.3) is 0 Å². The third-order valence-corrected chi connectivity index (χ3v) is 3.75. The van der Waals surface area contributed by atoms with Gasteiger partial charge in [-0.2, -0.15) is 0 Å². The highest BCUT2D eigenvalue weighted by atomic mass is 35.7. The minimum absolute atomic E-state index is 0.0377. The van der Waals surface area contributed by atoms with E-state index in [1.54, 1.807) is 4.90 Å². The van der Waals surface area contributed by atoms with Gasteiger partial charge in [0, 0.05) is 20.0 Å². The molecule has 1 aliphatic heterocycles. The van der Waals surface area contributed by atoms with E-state index in [1.165, 1.54) is 6.92 Å². The highest BCUT2D eigenvalue weighted by Crippen LogP contribution is 2.16. The van der Waals surface area contributed by atoms with Gasteiger partial charge in [-0.25, -0.2) is 4.21 Å². The van der Waals surface area contributed by atoms with Gasteiger partial charge >= 0.3 is 0 Å². The molecule has 5 heteroatoms. The number of halogens is 1. The summed E-state index contributed by atoms with van der Waals surface area (Å²) in [5.74, 6) is 0.0433. The molecule has 0 bridgehead atoms. The summed E-state index contributed by atoms with van der Waals surface area (Å²) in [6, 6.07) is 0. The van der Waals surface area contributed by atoms with E-state index >= 15 is 0 Å². The monoisotopic (exact) mass is 209 g/mol. The quantitative estimate of drug-likeness (QED) is 0.602. The zero-order valence-electron chi connectivity index (χ0n) is 6.96. The summed E-state index contributed by atoms with van der Waals surface area (Å²) in [6.07, 6.45) is 1.77. The van der Waals surface area contributed by atoms with Crippen LogP contribution in [0.25, 0.3) is 0 Å². The molecule has 0 aromatic heterocycles. The van der Waals surface area contributed by atoms with Crippen LogP contribution in [0, 0.1) is 0 Å². The Morgan fingerprint density at radius 3 is 2.83 bits per heavy atom. The van der Waals surface area contributed by atoms with Gasteiger partial charge in [0.15, 0.2) is 0 Å². The topological polar surface area (TPSA) is 37.4 Å². The van der Waals surface area contributed by atoms with E-state index in [4.69, 9.17) is 10.7 Å². The van der Waals surface area contributed by atoms with Crippen LogP contribution in [0.2, 0.25) is 0 Å². The molecule has 0 aliphatic carbocycles. The standard InChI is InChI=1S/C7H12ClNO2S/c1-6(10)9-4-2-3-7(5-9)12(8)11/h7H,2-5H2,1H3. The van der Waals surface area contributed by atoms with Crippen LogP contribution < -0.4 is 0 Å². The lowest BCUT2D eigenvalue weighted by atomic mass is 10.1. The van der Waals surface area contributed by atoms with Crippen molar-refractivity contribution in [2.45, 2.75) is 25.0 Å². The fourth-order valence-corrected chi connectivity index (χ4v) is 2.46. The summed E-state index contributed by atoms with van der Waals surface area (Å²) in [7, 11) is 4.15. The molecule has 2 unspecified atom stereocenters. The van der Waals surface area contributed by atoms with Crippen molar-refractivity contribution in [2.75, 3.05) is 13.1 Å². The van der Waals surface area contributed by atoms with Crippen molar-refractivity contribution < 1.29 is 9.00 Å². The van der Waals surface area contributed by atoms with Gasteiger partial charge in [-0.15, -0.1) is 0 Å². The molecule has 0 N–H and O–H groups in total. The Morgan fingerprint density at radius 2 is 2.33 bits per heavy atom. The fourth-order valence-electron chi connectivity index (χ4n) is 1.38. The molecule has 0 radical (unpaired) electrons. The summed E-state index contributed by atoms with van der Waals surface area (Å²) >= 11 is 0. The van der Waals surface area contributed by atoms with Crippen LogP contribution in [0.5, 0.6) is 0 Å². The summed E-state index contributed by atoms with van der Waals surface area (Å²) < 4.78 is 10.9. The van der Waals surface area contributed by atoms with E-state index < -0.39 is 10.0 Å². The molecule has 0 saturated carbocycles. The highest BCUT2D eigenvalue weighted by Gasteiger charge is 2.24. The molecule has 2 atom stereocenters. The number of amides is 1. The van der Waals surface area contributed by atoms with E-state index in [1.807, 2.05) is 0 Å². The third-order valence-electron chi connectivity index (χ3n) is 2.09. The maximum atomic E-state index is 11.0. The summed E-state index contributed by atoms with van der Waals surface area (Å²) in [5.41, 5.74) is 0. The van der Waals surface area contributed by atoms with Gasteiger partial charge in [0.1, 0.15) is 10.0 Å². The van der Waals surface area contributed by atoms with E-state index in [9.17, 15) is 9.00 Å². The van der Waals surface area contributed by atoms with E-state index in [2.05, 4.69) is 0 Å². The number of nitrogens with zero attached hydrogens (tertiary/aromatic N) is 1. The molecule has 70 valence electrons. The average Bonchev–Trinajstić information content (AvgIpc) is 2.04. The van der Waals surface area contributed by atoms with Crippen molar-refractivity contribution >= 4 is 26.6 Å². The zero-order chi connectivity index (χ0) is 9.14. The van der Waals surface area contributed by atoms with Crippen molar-refractivity contribution in [3.8, 4) is 0 Å². The summed E-state index contributed by atoms with van der Waals surface area (Å²) in [5, 5.41) is -0.0377. The molecule has 1 fully saturated rings. The number of carbonyl (C=O) groups excluding carboxylic acids is 1. The Balaban J connectivity index is 2.51. The maximum Gasteiger partial charge on any atom is 0.219 e. The summed E-state index contributed by atoms with van der Waals surface area (Å²) in [6.45, 7) is 2.85. The Labute approximate surface area is 79.0 Å². The maximum absolute atomic E-state index is 11.0. The van der Waals surface area contributed by atoms with Crippen molar-refractivity contribution in [2.24, 2.45) is 0 Å². The Kier molecular flexibility index (Phi) is 3.53. The van der Waals surface area contributed by atoms with Crippen LogP contribution in [-0.2, 0) is 14.8 Å². The van der Waals surface area contributed by atoms with Crippen LogP contribution in [0.1, 0.15) is 19.8 Å². The van der Waals surface area contributed by atoms with Crippen molar-refractivity contribution in [3.05, 3.63) is 0 Å². The first-order valence-electron chi connectivity index (χ1n) is 3.93. The molecule has 3 nitrogen and oxygen atoms in total. The summed E-state index contributed by atoms with van der Waals surface area (Å²) in [4.78, 5) is 12.7. The zero-order valence-corrected chi connectivity index (χ0v) is 8.53. The first kappa shape index (κ1) is 9.99. The predicted octanol–water partition coefficient (Wildman–Crippen LogP) is 0.900. The van der Waals surface area contributed by atoms with Gasteiger partial charge in [0.2, 0.25) is 5.91 Å². The second kappa shape index (κ2) is 4.23. The number of hydrogen-bond acceptors (Lipinski definition) is 2. The molecule has 0 aromatic carbocycles. The lowest BCUT2D eigenvalue weighted by Gasteiger charge is -2.29. The smallest absolute Gasteiger partial charge is 0.219 e.